The number of nitrogens with zero attached hydrogens (tertiary/aromatic N) is 1. The molecule has 0 saturated heterocycles. The second kappa shape index (κ2) is 5.34. The molecule has 0 aromatic carbocycles. The Balaban J connectivity index is 4.71. The fourth-order valence-corrected chi connectivity index (χ4v) is 1.41. The third-order valence-electron chi connectivity index (χ3n) is 2.10. The molecule has 0 bridgehead atoms. The van der Waals surface area contributed by atoms with Crippen LogP contribution in [0.1, 0.15) is 27.2 Å². The molecule has 0 saturated carbocycles. The van der Waals surface area contributed by atoms with Gasteiger partial charge in [-0.15, -0.1) is 0 Å². The summed E-state index contributed by atoms with van der Waals surface area (Å²) in [6.07, 6.45) is -4.21. The van der Waals surface area contributed by atoms with E-state index in [1.165, 1.54) is 0 Å². The standard InChI is InChI=1S/C9H16F3NO2/c1-4-7(8(14)15)13(6(2)3)5-9(10,11)12/h6-7H,4-5H2,1-3H3,(H,14,15). The van der Waals surface area contributed by atoms with E-state index in [-0.39, 0.29) is 6.42 Å². The molecule has 3 nitrogen and oxygen atoms in total. The summed E-state index contributed by atoms with van der Waals surface area (Å²) in [6, 6.07) is -1.53. The molecule has 0 fully saturated rings. The third kappa shape index (κ3) is 5.01. The first-order valence-corrected chi connectivity index (χ1v) is 4.74. The minimum atomic E-state index is -4.37. The van der Waals surface area contributed by atoms with Gasteiger partial charge in [0.25, 0.3) is 0 Å². The molecular formula is C9H16F3NO2. The Morgan fingerprint density at radius 3 is 2.07 bits per heavy atom. The lowest BCUT2D eigenvalue weighted by atomic mass is 10.1. The molecule has 0 spiro atoms. The Hall–Kier alpha value is -0.780. The number of carboxylic acid groups (broad SMARTS) is 1. The molecule has 0 radical (unpaired) electrons. The number of aliphatic carboxylic acids is 1. The zero-order valence-corrected chi connectivity index (χ0v) is 9.01. The van der Waals surface area contributed by atoms with Gasteiger partial charge in [0.05, 0.1) is 6.54 Å². The molecule has 6 heteroatoms. The molecule has 0 aliphatic heterocycles. The monoisotopic (exact) mass is 227 g/mol. The number of hydrogen-bond donors (Lipinski definition) is 1. The minimum absolute atomic E-state index is 0.156. The number of carboxylic acids is 1. The molecule has 90 valence electrons. The number of carbonyl (C=O) groups is 1. The van der Waals surface area contributed by atoms with Gasteiger partial charge in [0.2, 0.25) is 0 Å². The molecule has 0 aliphatic rings. The van der Waals surface area contributed by atoms with Crippen molar-refractivity contribution >= 4 is 5.97 Å². The van der Waals surface area contributed by atoms with Gasteiger partial charge in [0.15, 0.2) is 0 Å². The largest absolute Gasteiger partial charge is 0.480 e. The minimum Gasteiger partial charge on any atom is -0.480 e. The van der Waals surface area contributed by atoms with Gasteiger partial charge in [-0.2, -0.15) is 13.2 Å². The van der Waals surface area contributed by atoms with Gasteiger partial charge in [0, 0.05) is 6.04 Å². The highest BCUT2D eigenvalue weighted by molar-refractivity contribution is 5.73. The predicted octanol–water partition coefficient (Wildman–Crippen LogP) is 2.12. The maximum atomic E-state index is 12.2. The molecule has 0 amide bonds. The molecule has 0 rings (SSSR count). The van der Waals surface area contributed by atoms with Crippen LogP contribution in [0.25, 0.3) is 0 Å². The Morgan fingerprint density at radius 2 is 1.87 bits per heavy atom. The number of hydrogen-bond acceptors (Lipinski definition) is 2. The molecule has 0 aliphatic carbocycles. The van der Waals surface area contributed by atoms with Gasteiger partial charge in [-0.1, -0.05) is 6.92 Å². The van der Waals surface area contributed by atoms with Crippen molar-refractivity contribution in [3.05, 3.63) is 0 Å². The van der Waals surface area contributed by atoms with Crippen molar-refractivity contribution in [2.24, 2.45) is 0 Å². The lowest BCUT2D eigenvalue weighted by Crippen LogP contribution is -2.49. The molecule has 0 aromatic heterocycles. The quantitative estimate of drug-likeness (QED) is 0.782. The summed E-state index contributed by atoms with van der Waals surface area (Å²) in [4.78, 5) is 11.7. The van der Waals surface area contributed by atoms with Crippen molar-refractivity contribution in [2.75, 3.05) is 6.54 Å². The van der Waals surface area contributed by atoms with Crippen LogP contribution in [-0.4, -0.2) is 40.8 Å². The smallest absolute Gasteiger partial charge is 0.401 e. The van der Waals surface area contributed by atoms with E-state index in [2.05, 4.69) is 0 Å². The first-order valence-electron chi connectivity index (χ1n) is 4.74. The molecule has 15 heavy (non-hydrogen) atoms. The number of halogens is 3. The summed E-state index contributed by atoms with van der Waals surface area (Å²) in [6.45, 7) is 3.48. The van der Waals surface area contributed by atoms with Gasteiger partial charge in [0.1, 0.15) is 6.04 Å². The Labute approximate surface area is 86.9 Å². The molecule has 1 atom stereocenters. The lowest BCUT2D eigenvalue weighted by Gasteiger charge is -2.32. The topological polar surface area (TPSA) is 40.5 Å². The predicted molar refractivity (Wildman–Crippen MR) is 49.6 cm³/mol. The highest BCUT2D eigenvalue weighted by Crippen LogP contribution is 2.21. The van der Waals surface area contributed by atoms with Crippen LogP contribution < -0.4 is 0 Å². The van der Waals surface area contributed by atoms with E-state index < -0.39 is 30.8 Å². The van der Waals surface area contributed by atoms with E-state index in [1.54, 1.807) is 20.8 Å². The molecule has 1 unspecified atom stereocenters. The Kier molecular flexibility index (Phi) is 5.07. The van der Waals surface area contributed by atoms with Crippen molar-refractivity contribution in [3.63, 3.8) is 0 Å². The van der Waals surface area contributed by atoms with Gasteiger partial charge >= 0.3 is 12.1 Å². The Morgan fingerprint density at radius 1 is 1.40 bits per heavy atom. The summed E-state index contributed by atoms with van der Waals surface area (Å²) in [5.41, 5.74) is 0. The maximum Gasteiger partial charge on any atom is 0.401 e. The fourth-order valence-electron chi connectivity index (χ4n) is 1.41. The number of rotatable bonds is 5. The van der Waals surface area contributed by atoms with E-state index in [0.717, 1.165) is 4.90 Å². The van der Waals surface area contributed by atoms with Crippen LogP contribution in [0.2, 0.25) is 0 Å². The second-order valence-electron chi connectivity index (χ2n) is 3.64. The van der Waals surface area contributed by atoms with Gasteiger partial charge < -0.3 is 5.11 Å². The van der Waals surface area contributed by atoms with Crippen molar-refractivity contribution in [1.82, 2.24) is 4.90 Å². The summed E-state index contributed by atoms with van der Waals surface area (Å²) in [7, 11) is 0. The van der Waals surface area contributed by atoms with Crippen molar-refractivity contribution in [2.45, 2.75) is 45.5 Å². The van der Waals surface area contributed by atoms with E-state index in [4.69, 9.17) is 5.11 Å². The molecule has 1 N–H and O–H groups in total. The van der Waals surface area contributed by atoms with Crippen LogP contribution in [0.3, 0.4) is 0 Å². The van der Waals surface area contributed by atoms with Crippen LogP contribution in [0.15, 0.2) is 0 Å². The van der Waals surface area contributed by atoms with Gasteiger partial charge in [-0.05, 0) is 20.3 Å². The normalized spacial score (nSPS) is 14.7. The molecule has 0 heterocycles. The van der Waals surface area contributed by atoms with Crippen LogP contribution in [0, 0.1) is 0 Å². The van der Waals surface area contributed by atoms with Crippen LogP contribution >= 0.6 is 0 Å². The zero-order chi connectivity index (χ0) is 12.2. The van der Waals surface area contributed by atoms with E-state index in [1.807, 2.05) is 0 Å². The molecular weight excluding hydrogens is 211 g/mol. The van der Waals surface area contributed by atoms with Crippen LogP contribution in [0.4, 0.5) is 13.2 Å². The summed E-state index contributed by atoms with van der Waals surface area (Å²) in [5.74, 6) is -1.21. The first-order chi connectivity index (χ1) is 6.69. The SMILES string of the molecule is CCC(C(=O)O)N(CC(F)(F)F)C(C)C. The summed E-state index contributed by atoms with van der Waals surface area (Å²) >= 11 is 0. The van der Waals surface area contributed by atoms with Crippen molar-refractivity contribution < 1.29 is 23.1 Å². The van der Waals surface area contributed by atoms with Gasteiger partial charge in [-0.3, -0.25) is 9.69 Å². The fraction of sp³-hybridized carbons (Fsp3) is 0.889. The van der Waals surface area contributed by atoms with Crippen LogP contribution in [-0.2, 0) is 4.79 Å². The summed E-state index contributed by atoms with van der Waals surface area (Å²) in [5, 5.41) is 8.78. The van der Waals surface area contributed by atoms with Crippen LogP contribution in [0.5, 0.6) is 0 Å². The second-order valence-corrected chi connectivity index (χ2v) is 3.64. The Bertz CT molecular complexity index is 216. The summed E-state index contributed by atoms with van der Waals surface area (Å²) < 4.78 is 36.6. The highest BCUT2D eigenvalue weighted by Gasteiger charge is 2.36. The zero-order valence-electron chi connectivity index (χ0n) is 9.01. The molecule has 0 aromatic rings. The first kappa shape index (κ1) is 14.2. The lowest BCUT2D eigenvalue weighted by molar-refractivity contribution is -0.165. The third-order valence-corrected chi connectivity index (χ3v) is 2.10. The van der Waals surface area contributed by atoms with Crippen molar-refractivity contribution in [1.29, 1.82) is 0 Å². The maximum absolute atomic E-state index is 12.2. The average molecular weight is 227 g/mol. The van der Waals surface area contributed by atoms with E-state index in [9.17, 15) is 18.0 Å². The average Bonchev–Trinajstić information content (AvgIpc) is 2.00. The van der Waals surface area contributed by atoms with Gasteiger partial charge in [-0.25, -0.2) is 0 Å². The number of alkyl halides is 3. The van der Waals surface area contributed by atoms with Crippen molar-refractivity contribution in [3.8, 4) is 0 Å². The highest BCUT2D eigenvalue weighted by atomic mass is 19.4. The van der Waals surface area contributed by atoms with E-state index in [0.29, 0.717) is 0 Å². The van der Waals surface area contributed by atoms with E-state index >= 15 is 0 Å².